The van der Waals surface area contributed by atoms with E-state index in [1.807, 2.05) is 19.1 Å². The second-order valence-electron chi connectivity index (χ2n) is 3.24. The lowest BCUT2D eigenvalue weighted by molar-refractivity contribution is 0.156. The van der Waals surface area contributed by atoms with E-state index in [-0.39, 0.29) is 0 Å². The Morgan fingerprint density at radius 3 is 3.00 bits per heavy atom. The molecule has 0 amide bonds. The number of methoxy groups -OCH3 is 1. The van der Waals surface area contributed by atoms with Crippen molar-refractivity contribution >= 4 is 0 Å². The van der Waals surface area contributed by atoms with Gasteiger partial charge in [0.1, 0.15) is 6.61 Å². The molecule has 2 aromatic heterocycles. The highest BCUT2D eigenvalue weighted by atomic mass is 16.5. The lowest BCUT2D eigenvalue weighted by Gasteiger charge is -2.00. The van der Waals surface area contributed by atoms with Crippen LogP contribution in [0.25, 0.3) is 11.1 Å². The number of hydrogen-bond acceptors (Lipinski definition) is 4. The zero-order valence-electron chi connectivity index (χ0n) is 8.73. The highest BCUT2D eigenvalue weighted by molar-refractivity contribution is 5.66. The molecule has 2 rings (SSSR count). The van der Waals surface area contributed by atoms with Crippen molar-refractivity contribution in [2.24, 2.45) is 0 Å². The van der Waals surface area contributed by atoms with E-state index in [4.69, 9.17) is 9.26 Å². The minimum Gasteiger partial charge on any atom is -0.377 e. The number of ether oxygens (including phenoxy) is 1. The van der Waals surface area contributed by atoms with Crippen LogP contribution in [-0.4, -0.2) is 17.3 Å². The van der Waals surface area contributed by atoms with Crippen LogP contribution < -0.4 is 0 Å². The minimum absolute atomic E-state index is 0.422. The topological polar surface area (TPSA) is 48.2 Å². The largest absolute Gasteiger partial charge is 0.377 e. The summed E-state index contributed by atoms with van der Waals surface area (Å²) in [5.41, 5.74) is 2.84. The highest BCUT2D eigenvalue weighted by Crippen LogP contribution is 2.26. The molecule has 0 fully saturated rings. The molecular weight excluding hydrogens is 192 g/mol. The molecule has 15 heavy (non-hydrogen) atoms. The normalized spacial score (nSPS) is 10.5. The van der Waals surface area contributed by atoms with E-state index in [2.05, 4.69) is 10.1 Å². The van der Waals surface area contributed by atoms with Gasteiger partial charge in [-0.05, 0) is 13.0 Å². The molecule has 0 bridgehead atoms. The number of nitrogens with zero attached hydrogens (tertiary/aromatic N) is 2. The summed E-state index contributed by atoms with van der Waals surface area (Å²) in [7, 11) is 1.63. The van der Waals surface area contributed by atoms with Crippen LogP contribution in [0.15, 0.2) is 29.0 Å². The number of aryl methyl sites for hydroxylation is 1. The summed E-state index contributed by atoms with van der Waals surface area (Å²) in [5.74, 6) is 0.739. The molecule has 0 atom stereocenters. The first kappa shape index (κ1) is 9.86. The molecule has 78 valence electrons. The second-order valence-corrected chi connectivity index (χ2v) is 3.24. The van der Waals surface area contributed by atoms with Crippen LogP contribution in [0.3, 0.4) is 0 Å². The maximum absolute atomic E-state index is 5.19. The Morgan fingerprint density at radius 2 is 2.33 bits per heavy atom. The first-order valence-electron chi connectivity index (χ1n) is 4.67. The molecule has 0 aromatic carbocycles. The van der Waals surface area contributed by atoms with Crippen molar-refractivity contribution < 1.29 is 9.26 Å². The smallest absolute Gasteiger partial charge is 0.170 e. The molecule has 0 N–H and O–H groups in total. The molecule has 4 nitrogen and oxygen atoms in total. The van der Waals surface area contributed by atoms with Gasteiger partial charge in [-0.2, -0.15) is 0 Å². The average Bonchev–Trinajstić information content (AvgIpc) is 2.62. The van der Waals surface area contributed by atoms with Crippen molar-refractivity contribution in [3.05, 3.63) is 36.0 Å². The summed E-state index contributed by atoms with van der Waals surface area (Å²) in [5, 5.41) is 3.93. The predicted molar refractivity (Wildman–Crippen MR) is 55.2 cm³/mol. The lowest BCUT2D eigenvalue weighted by Crippen LogP contribution is -1.89. The van der Waals surface area contributed by atoms with Crippen LogP contribution in [0.2, 0.25) is 0 Å². The maximum Gasteiger partial charge on any atom is 0.170 e. The number of aromatic nitrogens is 2. The Bertz CT molecular complexity index is 437. The molecular formula is C11H12N2O2. The van der Waals surface area contributed by atoms with Crippen LogP contribution in [0, 0.1) is 6.92 Å². The molecule has 0 unspecified atom stereocenters. The van der Waals surface area contributed by atoms with E-state index in [9.17, 15) is 0 Å². The maximum atomic E-state index is 5.19. The van der Waals surface area contributed by atoms with E-state index in [0.717, 1.165) is 22.6 Å². The molecule has 2 heterocycles. The first-order valence-corrected chi connectivity index (χ1v) is 4.67. The van der Waals surface area contributed by atoms with Gasteiger partial charge < -0.3 is 9.26 Å². The summed E-state index contributed by atoms with van der Waals surface area (Å²) in [4.78, 5) is 4.07. The van der Waals surface area contributed by atoms with E-state index in [1.165, 1.54) is 0 Å². The number of rotatable bonds is 3. The summed E-state index contributed by atoms with van der Waals surface area (Å²) < 4.78 is 10.2. The van der Waals surface area contributed by atoms with Crippen molar-refractivity contribution in [1.29, 1.82) is 0 Å². The molecule has 0 aliphatic carbocycles. The van der Waals surface area contributed by atoms with Crippen LogP contribution in [0.5, 0.6) is 0 Å². The molecule has 0 saturated heterocycles. The third-order valence-corrected chi connectivity index (χ3v) is 2.16. The summed E-state index contributed by atoms with van der Waals surface area (Å²) in [6.07, 6.45) is 3.53. The number of hydrogen-bond donors (Lipinski definition) is 0. The Kier molecular flexibility index (Phi) is 2.78. The Hall–Kier alpha value is -1.68. The van der Waals surface area contributed by atoms with Gasteiger partial charge >= 0.3 is 0 Å². The standard InChI is InChI=1S/C11H12N2O2/c1-8-11(9-4-3-5-12-6-9)10(7-14-2)15-13-8/h3-6H,7H2,1-2H3. The Labute approximate surface area is 87.9 Å². The lowest BCUT2D eigenvalue weighted by atomic mass is 10.1. The van der Waals surface area contributed by atoms with E-state index in [0.29, 0.717) is 6.61 Å². The summed E-state index contributed by atoms with van der Waals surface area (Å²) >= 11 is 0. The summed E-state index contributed by atoms with van der Waals surface area (Å²) in [6.45, 7) is 2.33. The van der Waals surface area contributed by atoms with Crippen LogP contribution in [-0.2, 0) is 11.3 Å². The molecule has 0 radical (unpaired) electrons. The molecule has 0 spiro atoms. The van der Waals surface area contributed by atoms with Gasteiger partial charge in [0, 0.05) is 25.1 Å². The minimum atomic E-state index is 0.422. The number of pyridine rings is 1. The SMILES string of the molecule is COCc1onc(C)c1-c1cccnc1. The monoisotopic (exact) mass is 204 g/mol. The first-order chi connectivity index (χ1) is 7.33. The van der Waals surface area contributed by atoms with Gasteiger partial charge in [0.15, 0.2) is 5.76 Å². The van der Waals surface area contributed by atoms with Crippen molar-refractivity contribution in [1.82, 2.24) is 10.1 Å². The van der Waals surface area contributed by atoms with Gasteiger partial charge in [-0.15, -0.1) is 0 Å². The molecule has 4 heteroatoms. The van der Waals surface area contributed by atoms with Gasteiger partial charge in [-0.3, -0.25) is 4.98 Å². The Balaban J connectivity index is 2.47. The highest BCUT2D eigenvalue weighted by Gasteiger charge is 2.14. The summed E-state index contributed by atoms with van der Waals surface area (Å²) in [6, 6.07) is 3.87. The molecule has 2 aromatic rings. The van der Waals surface area contributed by atoms with E-state index >= 15 is 0 Å². The molecule has 0 aliphatic rings. The van der Waals surface area contributed by atoms with Crippen molar-refractivity contribution in [3.8, 4) is 11.1 Å². The van der Waals surface area contributed by atoms with Crippen LogP contribution >= 0.6 is 0 Å². The molecule has 0 aliphatic heterocycles. The van der Waals surface area contributed by atoms with Gasteiger partial charge in [0.05, 0.1) is 11.3 Å². The zero-order valence-corrected chi connectivity index (χ0v) is 8.73. The van der Waals surface area contributed by atoms with Gasteiger partial charge in [0.25, 0.3) is 0 Å². The fourth-order valence-electron chi connectivity index (χ4n) is 1.53. The quantitative estimate of drug-likeness (QED) is 0.768. The van der Waals surface area contributed by atoms with Gasteiger partial charge in [0.2, 0.25) is 0 Å². The molecule has 0 saturated carbocycles. The van der Waals surface area contributed by atoms with E-state index in [1.54, 1.807) is 19.5 Å². The third-order valence-electron chi connectivity index (χ3n) is 2.16. The van der Waals surface area contributed by atoms with Crippen molar-refractivity contribution in [2.45, 2.75) is 13.5 Å². The Morgan fingerprint density at radius 1 is 1.47 bits per heavy atom. The predicted octanol–water partition coefficient (Wildman–Crippen LogP) is 2.19. The third kappa shape index (κ3) is 1.89. The zero-order chi connectivity index (χ0) is 10.7. The van der Waals surface area contributed by atoms with Crippen molar-refractivity contribution in [3.63, 3.8) is 0 Å². The van der Waals surface area contributed by atoms with E-state index < -0.39 is 0 Å². The average molecular weight is 204 g/mol. The fourth-order valence-corrected chi connectivity index (χ4v) is 1.53. The fraction of sp³-hybridized carbons (Fsp3) is 0.273. The van der Waals surface area contributed by atoms with Gasteiger partial charge in [-0.25, -0.2) is 0 Å². The van der Waals surface area contributed by atoms with Crippen LogP contribution in [0.1, 0.15) is 11.5 Å². The van der Waals surface area contributed by atoms with Gasteiger partial charge in [-0.1, -0.05) is 11.2 Å². The van der Waals surface area contributed by atoms with Crippen LogP contribution in [0.4, 0.5) is 0 Å². The van der Waals surface area contributed by atoms with Crippen molar-refractivity contribution in [2.75, 3.05) is 7.11 Å². The second kappa shape index (κ2) is 4.23.